The van der Waals surface area contributed by atoms with Crippen molar-refractivity contribution in [3.63, 3.8) is 0 Å². The highest BCUT2D eigenvalue weighted by atomic mass is 19.1. The summed E-state index contributed by atoms with van der Waals surface area (Å²) in [7, 11) is 0. The van der Waals surface area contributed by atoms with E-state index in [0.29, 0.717) is 36.6 Å². The first-order valence-electron chi connectivity index (χ1n) is 7.62. The average molecular weight is 325 g/mol. The van der Waals surface area contributed by atoms with Crippen LogP contribution in [-0.4, -0.2) is 35.0 Å². The standard InChI is InChI=1S/C17H16FN5O/c1-11-12(9-19)4-5-15(21-11)17(24)22-13-6-8-23(10-13)16-14(18)3-2-7-20-16/h2-5,7,13H,6,8,10H2,1H3,(H,22,24). The molecule has 24 heavy (non-hydrogen) atoms. The molecule has 2 aromatic heterocycles. The van der Waals surface area contributed by atoms with Crippen LogP contribution in [0.25, 0.3) is 0 Å². The Balaban J connectivity index is 1.65. The summed E-state index contributed by atoms with van der Waals surface area (Å²) in [6, 6.07) is 7.96. The van der Waals surface area contributed by atoms with E-state index in [2.05, 4.69) is 15.3 Å². The van der Waals surface area contributed by atoms with Gasteiger partial charge in [0.05, 0.1) is 11.3 Å². The lowest BCUT2D eigenvalue weighted by molar-refractivity contribution is 0.0935. The Kier molecular flexibility index (Phi) is 4.38. The van der Waals surface area contributed by atoms with Gasteiger partial charge in [-0.2, -0.15) is 5.26 Å². The number of carbonyl (C=O) groups excluding carboxylic acids is 1. The molecule has 0 bridgehead atoms. The Labute approximate surface area is 139 Å². The summed E-state index contributed by atoms with van der Waals surface area (Å²) in [6.07, 6.45) is 2.25. The van der Waals surface area contributed by atoms with E-state index in [-0.39, 0.29) is 23.5 Å². The maximum absolute atomic E-state index is 13.8. The first kappa shape index (κ1) is 15.9. The minimum atomic E-state index is -0.367. The van der Waals surface area contributed by atoms with Crippen LogP contribution in [0.3, 0.4) is 0 Å². The fourth-order valence-electron chi connectivity index (χ4n) is 2.75. The van der Waals surface area contributed by atoms with Gasteiger partial charge in [0.2, 0.25) is 0 Å². The van der Waals surface area contributed by atoms with Crippen LogP contribution in [0.1, 0.15) is 28.2 Å². The number of nitrogens with one attached hydrogen (secondary N) is 1. The normalized spacial score (nSPS) is 16.7. The van der Waals surface area contributed by atoms with E-state index in [1.165, 1.54) is 12.1 Å². The number of hydrogen-bond acceptors (Lipinski definition) is 5. The molecular formula is C17H16FN5O. The van der Waals surface area contributed by atoms with Gasteiger partial charge >= 0.3 is 0 Å². The van der Waals surface area contributed by atoms with Crippen LogP contribution in [-0.2, 0) is 0 Å². The molecule has 0 saturated carbocycles. The molecule has 1 aliphatic rings. The van der Waals surface area contributed by atoms with Crippen molar-refractivity contribution in [2.75, 3.05) is 18.0 Å². The first-order chi connectivity index (χ1) is 11.6. The summed E-state index contributed by atoms with van der Waals surface area (Å²) in [4.78, 5) is 22.3. The van der Waals surface area contributed by atoms with Gasteiger partial charge in [-0.05, 0) is 37.6 Å². The largest absolute Gasteiger partial charge is 0.352 e. The first-order valence-corrected chi connectivity index (χ1v) is 7.62. The summed E-state index contributed by atoms with van der Waals surface area (Å²) in [5.74, 6) is -0.355. The van der Waals surface area contributed by atoms with Crippen molar-refractivity contribution < 1.29 is 9.18 Å². The number of nitriles is 1. The molecular weight excluding hydrogens is 309 g/mol. The lowest BCUT2D eigenvalue weighted by atomic mass is 10.2. The van der Waals surface area contributed by atoms with Crippen LogP contribution in [0.2, 0.25) is 0 Å². The molecule has 122 valence electrons. The van der Waals surface area contributed by atoms with Gasteiger partial charge in [-0.1, -0.05) is 0 Å². The lowest BCUT2D eigenvalue weighted by Gasteiger charge is -2.18. The van der Waals surface area contributed by atoms with E-state index in [4.69, 9.17) is 5.26 Å². The number of aryl methyl sites for hydroxylation is 1. The number of aromatic nitrogens is 2. The molecule has 1 unspecified atom stereocenters. The predicted molar refractivity (Wildman–Crippen MR) is 86.0 cm³/mol. The third kappa shape index (κ3) is 3.18. The van der Waals surface area contributed by atoms with Gasteiger partial charge < -0.3 is 10.2 Å². The van der Waals surface area contributed by atoms with Crippen molar-refractivity contribution in [1.82, 2.24) is 15.3 Å². The number of nitrogens with zero attached hydrogens (tertiary/aromatic N) is 4. The Morgan fingerprint density at radius 3 is 3.00 bits per heavy atom. The van der Waals surface area contributed by atoms with Crippen molar-refractivity contribution in [2.45, 2.75) is 19.4 Å². The van der Waals surface area contributed by atoms with E-state index in [0.717, 1.165) is 0 Å². The molecule has 0 radical (unpaired) electrons. The zero-order chi connectivity index (χ0) is 17.1. The molecule has 1 atom stereocenters. The third-order valence-electron chi connectivity index (χ3n) is 4.00. The molecule has 6 nitrogen and oxygen atoms in total. The molecule has 1 aliphatic heterocycles. The molecule has 3 heterocycles. The van der Waals surface area contributed by atoms with Crippen molar-refractivity contribution >= 4 is 11.7 Å². The third-order valence-corrected chi connectivity index (χ3v) is 4.00. The van der Waals surface area contributed by atoms with E-state index in [9.17, 15) is 9.18 Å². The van der Waals surface area contributed by atoms with Gasteiger partial charge in [-0.3, -0.25) is 4.79 Å². The van der Waals surface area contributed by atoms with Crippen molar-refractivity contribution in [1.29, 1.82) is 5.26 Å². The maximum Gasteiger partial charge on any atom is 0.270 e. The Morgan fingerprint density at radius 2 is 2.29 bits per heavy atom. The fourth-order valence-corrected chi connectivity index (χ4v) is 2.75. The van der Waals surface area contributed by atoms with Gasteiger partial charge in [0.15, 0.2) is 11.6 Å². The monoisotopic (exact) mass is 325 g/mol. The highest BCUT2D eigenvalue weighted by Gasteiger charge is 2.27. The topological polar surface area (TPSA) is 81.9 Å². The average Bonchev–Trinajstić information content (AvgIpc) is 3.03. The molecule has 2 aromatic rings. The second kappa shape index (κ2) is 6.62. The summed E-state index contributed by atoms with van der Waals surface area (Å²) in [5, 5.41) is 11.8. The van der Waals surface area contributed by atoms with E-state index in [1.807, 2.05) is 11.0 Å². The SMILES string of the molecule is Cc1nc(C(=O)NC2CCN(c3ncccc3F)C2)ccc1C#N. The van der Waals surface area contributed by atoms with Crippen LogP contribution in [0.5, 0.6) is 0 Å². The van der Waals surface area contributed by atoms with Crippen LogP contribution in [0.15, 0.2) is 30.5 Å². The van der Waals surface area contributed by atoms with Gasteiger partial charge in [0, 0.05) is 25.3 Å². The molecule has 1 amide bonds. The minimum Gasteiger partial charge on any atom is -0.352 e. The lowest BCUT2D eigenvalue weighted by Crippen LogP contribution is -2.37. The molecule has 7 heteroatoms. The summed E-state index contributed by atoms with van der Waals surface area (Å²) >= 11 is 0. The van der Waals surface area contributed by atoms with E-state index < -0.39 is 0 Å². The minimum absolute atomic E-state index is 0.100. The summed E-state index contributed by atoms with van der Waals surface area (Å²) < 4.78 is 13.8. The second-order valence-electron chi connectivity index (χ2n) is 5.66. The van der Waals surface area contributed by atoms with Gasteiger partial charge in [-0.25, -0.2) is 14.4 Å². The highest BCUT2D eigenvalue weighted by molar-refractivity contribution is 5.92. The van der Waals surface area contributed by atoms with E-state index >= 15 is 0 Å². The van der Waals surface area contributed by atoms with E-state index in [1.54, 1.807) is 25.3 Å². The molecule has 0 spiro atoms. The number of halogens is 1. The van der Waals surface area contributed by atoms with Gasteiger partial charge in [0.25, 0.3) is 5.91 Å². The molecule has 1 N–H and O–H groups in total. The number of hydrogen-bond donors (Lipinski definition) is 1. The van der Waals surface area contributed by atoms with Crippen molar-refractivity contribution in [3.05, 3.63) is 53.2 Å². The number of amides is 1. The van der Waals surface area contributed by atoms with Gasteiger partial charge in [-0.15, -0.1) is 0 Å². The van der Waals surface area contributed by atoms with Crippen LogP contribution >= 0.6 is 0 Å². The Morgan fingerprint density at radius 1 is 1.46 bits per heavy atom. The van der Waals surface area contributed by atoms with Gasteiger partial charge in [0.1, 0.15) is 11.8 Å². The number of carbonyl (C=O) groups is 1. The predicted octanol–water partition coefficient (Wildman–Crippen LogP) is 1.80. The maximum atomic E-state index is 13.8. The number of rotatable bonds is 3. The van der Waals surface area contributed by atoms with Crippen LogP contribution < -0.4 is 10.2 Å². The Bertz CT molecular complexity index is 817. The number of pyridine rings is 2. The zero-order valence-electron chi connectivity index (χ0n) is 13.2. The molecule has 1 saturated heterocycles. The van der Waals surface area contributed by atoms with Crippen LogP contribution in [0.4, 0.5) is 10.2 Å². The molecule has 3 rings (SSSR count). The fraction of sp³-hybridized carbons (Fsp3) is 0.294. The Hall–Kier alpha value is -3.01. The smallest absolute Gasteiger partial charge is 0.270 e. The molecule has 0 aromatic carbocycles. The number of anilines is 1. The molecule has 0 aliphatic carbocycles. The van der Waals surface area contributed by atoms with Crippen LogP contribution in [0, 0.1) is 24.1 Å². The zero-order valence-corrected chi connectivity index (χ0v) is 13.2. The summed E-state index contributed by atoms with van der Waals surface area (Å²) in [5.41, 5.74) is 1.24. The van der Waals surface area contributed by atoms with Crippen molar-refractivity contribution in [3.8, 4) is 6.07 Å². The molecule has 1 fully saturated rings. The summed E-state index contributed by atoms with van der Waals surface area (Å²) in [6.45, 7) is 2.81. The second-order valence-corrected chi connectivity index (χ2v) is 5.66. The highest BCUT2D eigenvalue weighted by Crippen LogP contribution is 2.21. The quantitative estimate of drug-likeness (QED) is 0.930. The van der Waals surface area contributed by atoms with Crippen molar-refractivity contribution in [2.24, 2.45) is 0 Å².